The predicted octanol–water partition coefficient (Wildman–Crippen LogP) is 1.67. The Morgan fingerprint density at radius 3 is 2.70 bits per heavy atom. The molecule has 6 nitrogen and oxygen atoms in total. The molecule has 3 heterocycles. The molecule has 3 aromatic heterocycles. The molecule has 0 aromatic carbocycles. The highest BCUT2D eigenvalue weighted by atomic mass is 15.1. The summed E-state index contributed by atoms with van der Waals surface area (Å²) in [5.41, 5.74) is 3.02. The zero-order chi connectivity index (χ0) is 13.8. The van der Waals surface area contributed by atoms with Gasteiger partial charge < -0.3 is 0 Å². The fourth-order valence-electron chi connectivity index (χ4n) is 1.64. The van der Waals surface area contributed by atoms with Gasteiger partial charge in [0.05, 0.1) is 6.20 Å². The Balaban J connectivity index is 2.01. The number of nitrogens with zero attached hydrogens (tertiary/aromatic N) is 6. The zero-order valence-electron chi connectivity index (χ0n) is 10.2. The van der Waals surface area contributed by atoms with E-state index in [0.29, 0.717) is 17.1 Å². The Morgan fingerprint density at radius 1 is 1.05 bits per heavy atom. The largest absolute Gasteiger partial charge is 0.245 e. The monoisotopic (exact) mass is 259 g/mol. The predicted molar refractivity (Wildman–Crippen MR) is 69.8 cm³/mol. The van der Waals surface area contributed by atoms with Crippen molar-refractivity contribution in [1.29, 1.82) is 5.26 Å². The third-order valence-electron chi connectivity index (χ3n) is 2.60. The van der Waals surface area contributed by atoms with Crippen LogP contribution in [0, 0.1) is 17.4 Å². The summed E-state index contributed by atoms with van der Waals surface area (Å²) in [6.07, 6.45) is 4.78. The minimum Gasteiger partial charge on any atom is -0.245 e. The molecule has 6 heteroatoms. The SMILES string of the molecule is N#Cc1ccc(-c2[c]c(-c3cccnn3)nnc2)cn1. The number of aromatic nitrogens is 5. The zero-order valence-corrected chi connectivity index (χ0v) is 10.2. The van der Waals surface area contributed by atoms with E-state index in [1.807, 2.05) is 6.07 Å². The first-order valence-corrected chi connectivity index (χ1v) is 5.76. The van der Waals surface area contributed by atoms with Crippen LogP contribution in [0.25, 0.3) is 22.5 Å². The third kappa shape index (κ3) is 2.33. The van der Waals surface area contributed by atoms with E-state index in [4.69, 9.17) is 5.26 Å². The Bertz CT molecular complexity index is 762. The van der Waals surface area contributed by atoms with E-state index in [9.17, 15) is 0 Å². The van der Waals surface area contributed by atoms with Crippen molar-refractivity contribution >= 4 is 0 Å². The first-order valence-electron chi connectivity index (χ1n) is 5.76. The van der Waals surface area contributed by atoms with Gasteiger partial charge in [-0.3, -0.25) is 0 Å². The van der Waals surface area contributed by atoms with E-state index in [1.54, 1.807) is 42.9 Å². The van der Waals surface area contributed by atoms with Crippen molar-refractivity contribution in [3.63, 3.8) is 0 Å². The Labute approximate surface area is 114 Å². The molecule has 0 N–H and O–H groups in total. The van der Waals surface area contributed by atoms with Gasteiger partial charge in [-0.05, 0) is 24.3 Å². The van der Waals surface area contributed by atoms with Crippen molar-refractivity contribution in [1.82, 2.24) is 25.4 Å². The number of pyridine rings is 1. The molecule has 0 aliphatic carbocycles. The maximum absolute atomic E-state index is 8.73. The molecule has 0 unspecified atom stereocenters. The van der Waals surface area contributed by atoms with E-state index >= 15 is 0 Å². The van der Waals surface area contributed by atoms with Crippen LogP contribution in [0.1, 0.15) is 5.69 Å². The second-order valence-corrected chi connectivity index (χ2v) is 3.88. The number of nitriles is 1. The maximum Gasteiger partial charge on any atom is 0.140 e. The summed E-state index contributed by atoms with van der Waals surface area (Å²) in [5.74, 6) is 0. The van der Waals surface area contributed by atoms with Crippen LogP contribution in [0.3, 0.4) is 0 Å². The highest BCUT2D eigenvalue weighted by Gasteiger charge is 2.06. The smallest absolute Gasteiger partial charge is 0.140 e. The average Bonchev–Trinajstić information content (AvgIpc) is 2.56. The van der Waals surface area contributed by atoms with Crippen molar-refractivity contribution < 1.29 is 0 Å². The third-order valence-corrected chi connectivity index (χ3v) is 2.60. The fraction of sp³-hybridized carbons (Fsp3) is 0. The normalized spacial score (nSPS) is 9.95. The Morgan fingerprint density at radius 2 is 2.00 bits per heavy atom. The topological polar surface area (TPSA) is 88.2 Å². The Hall–Kier alpha value is -3.20. The van der Waals surface area contributed by atoms with Gasteiger partial charge in [-0.2, -0.15) is 15.5 Å². The van der Waals surface area contributed by atoms with Gasteiger partial charge in [0.1, 0.15) is 23.2 Å². The molecule has 0 spiro atoms. The van der Waals surface area contributed by atoms with Gasteiger partial charge in [0.15, 0.2) is 0 Å². The molecule has 0 fully saturated rings. The molecule has 93 valence electrons. The van der Waals surface area contributed by atoms with Crippen LogP contribution in [0.2, 0.25) is 0 Å². The fourth-order valence-corrected chi connectivity index (χ4v) is 1.64. The second kappa shape index (κ2) is 5.20. The summed E-state index contributed by atoms with van der Waals surface area (Å²) in [4.78, 5) is 4.02. The molecule has 0 aliphatic rings. The lowest BCUT2D eigenvalue weighted by Crippen LogP contribution is -1.93. The van der Waals surface area contributed by atoms with Gasteiger partial charge in [-0.15, -0.1) is 10.2 Å². The van der Waals surface area contributed by atoms with Crippen LogP contribution < -0.4 is 0 Å². The van der Waals surface area contributed by atoms with Crippen LogP contribution in [-0.4, -0.2) is 25.4 Å². The van der Waals surface area contributed by atoms with Crippen LogP contribution in [-0.2, 0) is 0 Å². The van der Waals surface area contributed by atoms with Gasteiger partial charge in [0.25, 0.3) is 0 Å². The molecular weight excluding hydrogens is 252 g/mol. The quantitative estimate of drug-likeness (QED) is 0.695. The lowest BCUT2D eigenvalue weighted by molar-refractivity contribution is 0.988. The van der Waals surface area contributed by atoms with Crippen molar-refractivity contribution in [3.8, 4) is 28.6 Å². The highest BCUT2D eigenvalue weighted by molar-refractivity contribution is 5.66. The van der Waals surface area contributed by atoms with E-state index in [1.165, 1.54) is 0 Å². The molecule has 20 heavy (non-hydrogen) atoms. The van der Waals surface area contributed by atoms with Crippen molar-refractivity contribution in [2.75, 3.05) is 0 Å². The summed E-state index contributed by atoms with van der Waals surface area (Å²) in [6.45, 7) is 0. The highest BCUT2D eigenvalue weighted by Crippen LogP contribution is 2.20. The van der Waals surface area contributed by atoms with E-state index in [2.05, 4.69) is 31.4 Å². The molecule has 0 amide bonds. The molecular formula is C14H7N6. The second-order valence-electron chi connectivity index (χ2n) is 3.88. The molecule has 0 saturated heterocycles. The van der Waals surface area contributed by atoms with Crippen LogP contribution in [0.5, 0.6) is 0 Å². The average molecular weight is 259 g/mol. The minimum atomic E-state index is 0.366. The molecule has 0 aliphatic heterocycles. The van der Waals surface area contributed by atoms with Crippen molar-refractivity contribution in [2.45, 2.75) is 0 Å². The van der Waals surface area contributed by atoms with Gasteiger partial charge in [0, 0.05) is 29.6 Å². The van der Waals surface area contributed by atoms with E-state index in [-0.39, 0.29) is 0 Å². The molecule has 1 radical (unpaired) electrons. The lowest BCUT2D eigenvalue weighted by atomic mass is 10.1. The van der Waals surface area contributed by atoms with Gasteiger partial charge in [0.2, 0.25) is 0 Å². The van der Waals surface area contributed by atoms with Gasteiger partial charge >= 0.3 is 0 Å². The molecule has 3 rings (SSSR count). The summed E-state index contributed by atoms with van der Waals surface area (Å²) in [6, 6.07) is 12.1. The maximum atomic E-state index is 8.73. The lowest BCUT2D eigenvalue weighted by Gasteiger charge is -2.02. The number of hydrogen-bond donors (Lipinski definition) is 0. The van der Waals surface area contributed by atoms with Crippen molar-refractivity contribution in [2.24, 2.45) is 0 Å². The number of hydrogen-bond acceptors (Lipinski definition) is 6. The molecule has 3 aromatic rings. The summed E-state index contributed by atoms with van der Waals surface area (Å²) in [7, 11) is 0. The molecule has 0 saturated carbocycles. The summed E-state index contributed by atoms with van der Waals surface area (Å²) < 4.78 is 0. The minimum absolute atomic E-state index is 0.366. The van der Waals surface area contributed by atoms with E-state index < -0.39 is 0 Å². The van der Waals surface area contributed by atoms with Gasteiger partial charge in [-0.1, -0.05) is 0 Å². The number of rotatable bonds is 2. The first-order chi connectivity index (χ1) is 9.86. The van der Waals surface area contributed by atoms with Crippen LogP contribution in [0.4, 0.5) is 0 Å². The van der Waals surface area contributed by atoms with Gasteiger partial charge in [-0.25, -0.2) is 4.98 Å². The standard InChI is InChI=1S/C14H7N6/c15-7-12-4-3-10(8-16-12)11-6-14(20-18-9-11)13-2-1-5-17-19-13/h1-5,8-9H. The van der Waals surface area contributed by atoms with Crippen LogP contribution >= 0.6 is 0 Å². The Kier molecular flexibility index (Phi) is 3.08. The molecule has 0 bridgehead atoms. The summed E-state index contributed by atoms with van der Waals surface area (Å²) >= 11 is 0. The molecule has 0 atom stereocenters. The first kappa shape index (κ1) is 11.9. The van der Waals surface area contributed by atoms with Crippen molar-refractivity contribution in [3.05, 3.63) is 54.6 Å². The van der Waals surface area contributed by atoms with E-state index in [0.717, 1.165) is 11.1 Å². The van der Waals surface area contributed by atoms with Crippen LogP contribution in [0.15, 0.2) is 42.9 Å². The summed E-state index contributed by atoms with van der Waals surface area (Å²) in [5, 5.41) is 24.4.